The first-order valence-electron chi connectivity index (χ1n) is 7.42. The molecule has 1 amide bonds. The molecule has 0 fully saturated rings. The van der Waals surface area contributed by atoms with Crippen LogP contribution in [0.5, 0.6) is 0 Å². The third kappa shape index (κ3) is 5.88. The maximum Gasteiger partial charge on any atom is 0.222 e. The molecular weight excluding hydrogens is 333 g/mol. The lowest BCUT2D eigenvalue weighted by molar-refractivity contribution is -0.130. The van der Waals surface area contributed by atoms with Gasteiger partial charge in [-0.25, -0.2) is 4.39 Å². The van der Waals surface area contributed by atoms with Crippen LogP contribution in [0.25, 0.3) is 0 Å². The second-order valence-electron chi connectivity index (χ2n) is 5.25. The summed E-state index contributed by atoms with van der Waals surface area (Å²) in [5.74, 6) is 0.701. The zero-order valence-electron chi connectivity index (χ0n) is 13.0. The number of benzene rings is 2. The smallest absolute Gasteiger partial charge is 0.222 e. The fourth-order valence-corrected chi connectivity index (χ4v) is 3.15. The van der Waals surface area contributed by atoms with E-state index in [-0.39, 0.29) is 11.7 Å². The number of carbonyl (C=O) groups is 1. The normalized spacial score (nSPS) is 10.6. The highest BCUT2D eigenvalue weighted by atomic mass is 35.5. The van der Waals surface area contributed by atoms with Crippen LogP contribution < -0.4 is 0 Å². The lowest BCUT2D eigenvalue weighted by Crippen LogP contribution is -2.26. The summed E-state index contributed by atoms with van der Waals surface area (Å²) in [6, 6.07) is 14.0. The van der Waals surface area contributed by atoms with Gasteiger partial charge in [-0.3, -0.25) is 4.79 Å². The van der Waals surface area contributed by atoms with Crippen molar-refractivity contribution in [3.63, 3.8) is 0 Å². The van der Waals surface area contributed by atoms with Gasteiger partial charge in [0.25, 0.3) is 0 Å². The van der Waals surface area contributed by atoms with Gasteiger partial charge in [0.2, 0.25) is 5.91 Å². The third-order valence-electron chi connectivity index (χ3n) is 3.41. The highest BCUT2D eigenvalue weighted by Crippen LogP contribution is 2.20. The first-order chi connectivity index (χ1) is 11.1. The molecule has 0 spiro atoms. The van der Waals surface area contributed by atoms with Crippen LogP contribution in [0.4, 0.5) is 4.39 Å². The average molecular weight is 352 g/mol. The summed E-state index contributed by atoms with van der Waals surface area (Å²) in [6.45, 7) is 0.517. The summed E-state index contributed by atoms with van der Waals surface area (Å²) in [7, 11) is 1.79. The van der Waals surface area contributed by atoms with Crippen LogP contribution in [0.1, 0.15) is 18.4 Å². The van der Waals surface area contributed by atoms with Crippen molar-refractivity contribution in [1.82, 2.24) is 4.90 Å². The van der Waals surface area contributed by atoms with E-state index in [4.69, 9.17) is 11.6 Å². The van der Waals surface area contributed by atoms with E-state index in [9.17, 15) is 9.18 Å². The van der Waals surface area contributed by atoms with E-state index in [1.54, 1.807) is 35.8 Å². The average Bonchev–Trinajstić information content (AvgIpc) is 2.55. The Morgan fingerprint density at radius 2 is 1.87 bits per heavy atom. The minimum absolute atomic E-state index is 0.102. The zero-order valence-corrected chi connectivity index (χ0v) is 14.5. The minimum Gasteiger partial charge on any atom is -0.341 e. The van der Waals surface area contributed by atoms with Crippen molar-refractivity contribution in [1.29, 1.82) is 0 Å². The van der Waals surface area contributed by atoms with Gasteiger partial charge in [0.15, 0.2) is 0 Å². The molecule has 122 valence electrons. The Balaban J connectivity index is 1.72. The Morgan fingerprint density at radius 3 is 2.57 bits per heavy atom. The lowest BCUT2D eigenvalue weighted by Gasteiger charge is -2.18. The number of halogens is 2. The first-order valence-corrected chi connectivity index (χ1v) is 8.78. The van der Waals surface area contributed by atoms with E-state index in [2.05, 4.69) is 0 Å². The maximum atomic E-state index is 12.8. The Kier molecular flexibility index (Phi) is 6.93. The Hall–Kier alpha value is -1.52. The summed E-state index contributed by atoms with van der Waals surface area (Å²) < 4.78 is 12.8. The summed E-state index contributed by atoms with van der Waals surface area (Å²) in [6.07, 6.45) is 1.28. The third-order valence-corrected chi connectivity index (χ3v) is 4.88. The van der Waals surface area contributed by atoms with Crippen molar-refractivity contribution in [3.05, 3.63) is 64.9 Å². The fraction of sp³-hybridized carbons (Fsp3) is 0.278. The quantitative estimate of drug-likeness (QED) is 0.516. The summed E-state index contributed by atoms with van der Waals surface area (Å²) in [5.41, 5.74) is 0.950. The molecule has 0 saturated carbocycles. The van der Waals surface area contributed by atoms with E-state index in [0.717, 1.165) is 22.6 Å². The number of hydrogen-bond donors (Lipinski definition) is 0. The molecular formula is C18H19ClFNOS. The molecule has 0 aliphatic heterocycles. The highest BCUT2D eigenvalue weighted by Gasteiger charge is 2.10. The Morgan fingerprint density at radius 1 is 1.17 bits per heavy atom. The molecule has 5 heteroatoms. The van der Waals surface area contributed by atoms with Crippen LogP contribution >= 0.6 is 23.4 Å². The molecule has 0 unspecified atom stereocenters. The zero-order chi connectivity index (χ0) is 16.7. The molecule has 2 aromatic rings. The van der Waals surface area contributed by atoms with Crippen LogP contribution in [-0.4, -0.2) is 23.6 Å². The number of nitrogens with zero attached hydrogens (tertiary/aromatic N) is 1. The molecule has 0 heterocycles. The lowest BCUT2D eigenvalue weighted by atomic mass is 10.2. The van der Waals surface area contributed by atoms with E-state index in [1.165, 1.54) is 12.1 Å². The molecule has 2 aromatic carbocycles. The molecule has 0 aliphatic carbocycles. The van der Waals surface area contributed by atoms with Gasteiger partial charge in [0.1, 0.15) is 5.82 Å². The monoisotopic (exact) mass is 351 g/mol. The van der Waals surface area contributed by atoms with Gasteiger partial charge < -0.3 is 4.90 Å². The van der Waals surface area contributed by atoms with E-state index in [1.807, 2.05) is 24.3 Å². The Bertz CT molecular complexity index is 648. The second kappa shape index (κ2) is 8.94. The summed E-state index contributed by atoms with van der Waals surface area (Å²) in [5, 5.41) is 0.680. The fourth-order valence-electron chi connectivity index (χ4n) is 2.11. The van der Waals surface area contributed by atoms with Crippen LogP contribution in [0.15, 0.2) is 53.4 Å². The maximum absolute atomic E-state index is 12.8. The molecule has 0 aromatic heterocycles. The van der Waals surface area contributed by atoms with Crippen molar-refractivity contribution in [2.75, 3.05) is 12.8 Å². The van der Waals surface area contributed by atoms with Crippen LogP contribution in [0, 0.1) is 5.82 Å². The highest BCUT2D eigenvalue weighted by molar-refractivity contribution is 7.99. The molecule has 2 rings (SSSR count). The summed E-state index contributed by atoms with van der Waals surface area (Å²) >= 11 is 7.74. The minimum atomic E-state index is -0.231. The molecule has 0 N–H and O–H groups in total. The SMILES string of the molecule is CN(Cc1ccccc1Cl)C(=O)CCCSc1ccc(F)cc1. The predicted octanol–water partition coefficient (Wildman–Crippen LogP) is 5.01. The largest absolute Gasteiger partial charge is 0.341 e. The molecule has 0 aliphatic rings. The van der Waals surface area contributed by atoms with E-state index in [0.29, 0.717) is 18.0 Å². The predicted molar refractivity (Wildman–Crippen MR) is 94.3 cm³/mol. The van der Waals surface area contributed by atoms with Crippen molar-refractivity contribution in [2.24, 2.45) is 0 Å². The number of rotatable bonds is 7. The van der Waals surface area contributed by atoms with Gasteiger partial charge in [-0.15, -0.1) is 11.8 Å². The first kappa shape index (κ1) is 17.8. The second-order valence-corrected chi connectivity index (χ2v) is 6.82. The van der Waals surface area contributed by atoms with E-state index < -0.39 is 0 Å². The van der Waals surface area contributed by atoms with Gasteiger partial charge in [0.05, 0.1) is 0 Å². The van der Waals surface area contributed by atoms with Gasteiger partial charge >= 0.3 is 0 Å². The van der Waals surface area contributed by atoms with Crippen LogP contribution in [0.3, 0.4) is 0 Å². The van der Waals surface area contributed by atoms with Crippen molar-refractivity contribution >= 4 is 29.3 Å². The molecule has 0 bridgehead atoms. The molecule has 0 saturated heterocycles. The van der Waals surface area contributed by atoms with E-state index >= 15 is 0 Å². The van der Waals surface area contributed by atoms with Crippen LogP contribution in [0.2, 0.25) is 5.02 Å². The number of hydrogen-bond acceptors (Lipinski definition) is 2. The molecule has 0 atom stereocenters. The molecule has 2 nitrogen and oxygen atoms in total. The van der Waals surface area contributed by atoms with Gasteiger partial charge in [-0.1, -0.05) is 29.8 Å². The number of thioether (sulfide) groups is 1. The van der Waals surface area contributed by atoms with Crippen molar-refractivity contribution in [2.45, 2.75) is 24.3 Å². The molecule has 0 radical (unpaired) electrons. The number of carbonyl (C=O) groups excluding carboxylic acids is 1. The van der Waals surface area contributed by atoms with Crippen LogP contribution in [-0.2, 0) is 11.3 Å². The molecule has 23 heavy (non-hydrogen) atoms. The standard InChI is InChI=1S/C18H19ClFNOS/c1-21(13-14-5-2-3-6-17(14)19)18(22)7-4-12-23-16-10-8-15(20)9-11-16/h2-3,5-6,8-11H,4,7,12-13H2,1H3. The number of amides is 1. The van der Waals surface area contributed by atoms with Gasteiger partial charge in [-0.05, 0) is 48.1 Å². The summed E-state index contributed by atoms with van der Waals surface area (Å²) in [4.78, 5) is 14.9. The van der Waals surface area contributed by atoms with Crippen molar-refractivity contribution < 1.29 is 9.18 Å². The topological polar surface area (TPSA) is 20.3 Å². The Labute approximate surface area is 145 Å². The van der Waals surface area contributed by atoms with Gasteiger partial charge in [-0.2, -0.15) is 0 Å². The van der Waals surface area contributed by atoms with Crippen molar-refractivity contribution in [3.8, 4) is 0 Å². The van der Waals surface area contributed by atoms with Gasteiger partial charge in [0, 0.05) is 29.9 Å².